The van der Waals surface area contributed by atoms with E-state index in [-0.39, 0.29) is 10.6 Å². The van der Waals surface area contributed by atoms with Gasteiger partial charge in [0.1, 0.15) is 5.52 Å². The van der Waals surface area contributed by atoms with E-state index in [1.165, 1.54) is 0 Å². The van der Waals surface area contributed by atoms with E-state index in [1.54, 1.807) is 24.4 Å². The van der Waals surface area contributed by atoms with Gasteiger partial charge in [0.15, 0.2) is 0 Å². The molecule has 0 radical (unpaired) electrons. The minimum Gasteiger partial charge on any atom is -0.369 e. The highest BCUT2D eigenvalue weighted by molar-refractivity contribution is 5.97. The van der Waals surface area contributed by atoms with Crippen LogP contribution in [0.5, 0.6) is 0 Å². The average Bonchev–Trinajstić information content (AvgIpc) is 2.97. The summed E-state index contributed by atoms with van der Waals surface area (Å²) in [7, 11) is 0. The zero-order valence-corrected chi connectivity index (χ0v) is 12.2. The highest BCUT2D eigenvalue weighted by Crippen LogP contribution is 2.39. The number of aromatic nitrogens is 1. The van der Waals surface area contributed by atoms with Crippen molar-refractivity contribution in [2.45, 2.75) is 12.8 Å². The maximum absolute atomic E-state index is 11.2. The van der Waals surface area contributed by atoms with Crippen molar-refractivity contribution in [3.63, 3.8) is 0 Å². The number of hydrogen-bond acceptors (Lipinski definition) is 4. The van der Waals surface area contributed by atoms with Crippen molar-refractivity contribution in [2.24, 2.45) is 11.8 Å². The summed E-state index contributed by atoms with van der Waals surface area (Å²) < 4.78 is 0. The van der Waals surface area contributed by atoms with Crippen molar-refractivity contribution in [3.8, 4) is 0 Å². The lowest BCUT2D eigenvalue weighted by Crippen LogP contribution is -2.20. The summed E-state index contributed by atoms with van der Waals surface area (Å²) in [6.07, 6.45) is 8.53. The van der Waals surface area contributed by atoms with Crippen LogP contribution < -0.4 is 4.90 Å². The van der Waals surface area contributed by atoms with E-state index >= 15 is 0 Å². The first-order valence-corrected chi connectivity index (χ1v) is 7.66. The van der Waals surface area contributed by atoms with E-state index in [2.05, 4.69) is 22.0 Å². The number of fused-ring (bicyclic) bond motifs is 2. The number of non-ortho nitro benzene ring substituents is 1. The Morgan fingerprint density at radius 2 is 1.86 bits per heavy atom. The second kappa shape index (κ2) is 5.09. The van der Waals surface area contributed by atoms with Crippen LogP contribution >= 0.6 is 0 Å². The van der Waals surface area contributed by atoms with Crippen molar-refractivity contribution in [1.82, 2.24) is 4.98 Å². The van der Waals surface area contributed by atoms with Crippen LogP contribution in [0.15, 0.2) is 42.6 Å². The molecule has 1 saturated heterocycles. The number of nitrogens with zero attached hydrogens (tertiary/aromatic N) is 3. The Labute approximate surface area is 128 Å². The van der Waals surface area contributed by atoms with Gasteiger partial charge in [-0.1, -0.05) is 12.2 Å². The van der Waals surface area contributed by atoms with E-state index < -0.39 is 0 Å². The zero-order chi connectivity index (χ0) is 15.1. The van der Waals surface area contributed by atoms with E-state index in [1.807, 2.05) is 6.07 Å². The molecule has 1 aliphatic heterocycles. The number of pyridine rings is 1. The maximum Gasteiger partial charge on any atom is 0.278 e. The van der Waals surface area contributed by atoms with Crippen LogP contribution in [0.1, 0.15) is 12.8 Å². The summed E-state index contributed by atoms with van der Waals surface area (Å²) in [5.41, 5.74) is 1.89. The molecule has 1 fully saturated rings. The third-order valence-electron chi connectivity index (χ3n) is 4.88. The molecule has 5 heteroatoms. The minimum absolute atomic E-state index is 0.130. The summed E-state index contributed by atoms with van der Waals surface area (Å²) in [4.78, 5) is 17.6. The van der Waals surface area contributed by atoms with Gasteiger partial charge >= 0.3 is 0 Å². The summed E-state index contributed by atoms with van der Waals surface area (Å²) in [6, 6.07) is 7.01. The van der Waals surface area contributed by atoms with Gasteiger partial charge in [-0.05, 0) is 42.9 Å². The van der Waals surface area contributed by atoms with Crippen LogP contribution in [0.2, 0.25) is 0 Å². The minimum atomic E-state index is -0.332. The molecule has 0 spiro atoms. The molecule has 2 aliphatic rings. The molecule has 2 atom stereocenters. The number of rotatable bonds is 2. The molecule has 0 amide bonds. The first kappa shape index (κ1) is 13.2. The lowest BCUT2D eigenvalue weighted by atomic mass is 9.86. The Bertz CT molecular complexity index is 756. The van der Waals surface area contributed by atoms with E-state index in [0.717, 1.165) is 37.1 Å². The summed E-state index contributed by atoms with van der Waals surface area (Å²) in [5, 5.41) is 11.8. The molecule has 112 valence electrons. The summed E-state index contributed by atoms with van der Waals surface area (Å²) in [5.74, 6) is 1.39. The number of benzene rings is 1. The molecule has 1 aromatic carbocycles. The van der Waals surface area contributed by atoms with Crippen molar-refractivity contribution in [2.75, 3.05) is 18.0 Å². The van der Waals surface area contributed by atoms with Crippen molar-refractivity contribution < 1.29 is 4.92 Å². The Balaban J connectivity index is 1.77. The van der Waals surface area contributed by atoms with Crippen molar-refractivity contribution in [1.29, 1.82) is 0 Å². The largest absolute Gasteiger partial charge is 0.369 e. The lowest BCUT2D eigenvalue weighted by Gasteiger charge is -2.20. The number of nitro groups is 1. The fourth-order valence-corrected chi connectivity index (χ4v) is 3.77. The second-order valence-corrected chi connectivity index (χ2v) is 6.13. The van der Waals surface area contributed by atoms with Gasteiger partial charge in [0, 0.05) is 25.4 Å². The fraction of sp³-hybridized carbons (Fsp3) is 0.353. The van der Waals surface area contributed by atoms with Gasteiger partial charge in [0.25, 0.3) is 5.69 Å². The van der Waals surface area contributed by atoms with Crippen LogP contribution in [0.3, 0.4) is 0 Å². The van der Waals surface area contributed by atoms with Gasteiger partial charge in [0.2, 0.25) is 0 Å². The Morgan fingerprint density at radius 1 is 1.14 bits per heavy atom. The topological polar surface area (TPSA) is 59.3 Å². The van der Waals surface area contributed by atoms with Gasteiger partial charge in [-0.2, -0.15) is 0 Å². The van der Waals surface area contributed by atoms with Crippen LogP contribution in [-0.2, 0) is 0 Å². The molecular weight excluding hydrogens is 278 g/mol. The van der Waals surface area contributed by atoms with Crippen LogP contribution in [-0.4, -0.2) is 23.0 Å². The standard InChI is InChI=1S/C17H17N3O2/c21-20(22)15-7-8-16(17-14(15)6-3-9-18-17)19-10-12-4-1-2-5-13(12)11-19/h1-3,6-9,12-13H,4-5,10-11H2. The first-order chi connectivity index (χ1) is 10.7. The highest BCUT2D eigenvalue weighted by Gasteiger charge is 2.34. The third-order valence-corrected chi connectivity index (χ3v) is 4.88. The molecule has 2 heterocycles. The van der Waals surface area contributed by atoms with Gasteiger partial charge in [0.05, 0.1) is 16.0 Å². The number of hydrogen-bond donors (Lipinski definition) is 0. The Hall–Kier alpha value is -2.43. The quantitative estimate of drug-likeness (QED) is 0.483. The second-order valence-electron chi connectivity index (χ2n) is 6.13. The SMILES string of the molecule is O=[N+]([O-])c1ccc(N2CC3CC=CCC3C2)c2ncccc12. The van der Waals surface area contributed by atoms with E-state index in [9.17, 15) is 10.1 Å². The molecule has 4 rings (SSSR count). The first-order valence-electron chi connectivity index (χ1n) is 7.66. The van der Waals surface area contributed by atoms with Gasteiger partial charge in [-0.25, -0.2) is 0 Å². The molecule has 1 aromatic heterocycles. The third kappa shape index (κ3) is 2.04. The van der Waals surface area contributed by atoms with Crippen LogP contribution in [0.4, 0.5) is 11.4 Å². The smallest absolute Gasteiger partial charge is 0.278 e. The van der Waals surface area contributed by atoms with Crippen molar-refractivity contribution >= 4 is 22.3 Å². The highest BCUT2D eigenvalue weighted by atomic mass is 16.6. The van der Waals surface area contributed by atoms with Gasteiger partial charge < -0.3 is 4.90 Å². The monoisotopic (exact) mass is 295 g/mol. The lowest BCUT2D eigenvalue weighted by molar-refractivity contribution is -0.383. The zero-order valence-electron chi connectivity index (χ0n) is 12.2. The maximum atomic E-state index is 11.2. The fourth-order valence-electron chi connectivity index (χ4n) is 3.77. The molecule has 0 N–H and O–H groups in total. The van der Waals surface area contributed by atoms with E-state index in [4.69, 9.17) is 0 Å². The summed E-state index contributed by atoms with van der Waals surface area (Å²) in [6.45, 7) is 2.02. The van der Waals surface area contributed by atoms with Crippen molar-refractivity contribution in [3.05, 3.63) is 52.7 Å². The number of allylic oxidation sites excluding steroid dienone is 2. The average molecular weight is 295 g/mol. The van der Waals surface area contributed by atoms with Gasteiger partial charge in [-0.15, -0.1) is 0 Å². The molecule has 22 heavy (non-hydrogen) atoms. The molecule has 2 unspecified atom stereocenters. The van der Waals surface area contributed by atoms with Gasteiger partial charge in [-0.3, -0.25) is 15.1 Å². The molecular formula is C17H17N3O2. The summed E-state index contributed by atoms with van der Waals surface area (Å²) >= 11 is 0. The number of nitro benzene ring substituents is 1. The van der Waals surface area contributed by atoms with Crippen LogP contribution in [0, 0.1) is 22.0 Å². The normalized spacial score (nSPS) is 23.7. The molecule has 2 aromatic rings. The molecule has 1 aliphatic carbocycles. The predicted octanol–water partition coefficient (Wildman–Crippen LogP) is 3.55. The van der Waals surface area contributed by atoms with Crippen LogP contribution in [0.25, 0.3) is 10.9 Å². The molecule has 5 nitrogen and oxygen atoms in total. The molecule has 0 bridgehead atoms. The molecule has 0 saturated carbocycles. The Morgan fingerprint density at radius 3 is 2.55 bits per heavy atom. The van der Waals surface area contributed by atoms with E-state index in [0.29, 0.717) is 17.2 Å². The predicted molar refractivity (Wildman–Crippen MR) is 86.0 cm³/mol. The number of anilines is 1. The Kier molecular flexibility index (Phi) is 3.06.